The predicted molar refractivity (Wildman–Crippen MR) is 60.7 cm³/mol. The quantitative estimate of drug-likeness (QED) is 0.669. The Bertz CT molecular complexity index is 206. The van der Waals surface area contributed by atoms with Gasteiger partial charge in [-0.15, -0.1) is 0 Å². The fourth-order valence-electron chi connectivity index (χ4n) is 2.26. The van der Waals surface area contributed by atoms with Crippen molar-refractivity contribution >= 4 is 5.97 Å². The lowest BCUT2D eigenvalue weighted by Gasteiger charge is -2.36. The minimum absolute atomic E-state index is 0.0664. The first-order valence-corrected chi connectivity index (χ1v) is 6.03. The number of hydrogen-bond acceptors (Lipinski definition) is 3. The van der Waals surface area contributed by atoms with Gasteiger partial charge >= 0.3 is 5.97 Å². The number of nitrogens with zero attached hydrogens (tertiary/aromatic N) is 1. The summed E-state index contributed by atoms with van der Waals surface area (Å²) in [7, 11) is 0. The summed E-state index contributed by atoms with van der Waals surface area (Å²) in [6.45, 7) is 8.88. The van der Waals surface area contributed by atoms with E-state index >= 15 is 0 Å². The summed E-state index contributed by atoms with van der Waals surface area (Å²) in [4.78, 5) is 13.6. The van der Waals surface area contributed by atoms with Gasteiger partial charge in [0.25, 0.3) is 0 Å². The summed E-state index contributed by atoms with van der Waals surface area (Å²) in [5, 5.41) is 0. The zero-order valence-electron chi connectivity index (χ0n) is 10.2. The predicted octanol–water partition coefficient (Wildman–Crippen LogP) is 2.06. The molecule has 15 heavy (non-hydrogen) atoms. The van der Waals surface area contributed by atoms with Gasteiger partial charge in [0.05, 0.1) is 13.0 Å². The molecule has 1 aliphatic heterocycles. The van der Waals surface area contributed by atoms with Crippen LogP contribution in [0.1, 0.15) is 40.0 Å². The van der Waals surface area contributed by atoms with Crippen molar-refractivity contribution in [3.05, 3.63) is 0 Å². The van der Waals surface area contributed by atoms with Crippen molar-refractivity contribution in [3.8, 4) is 0 Å². The van der Waals surface area contributed by atoms with Crippen molar-refractivity contribution in [2.45, 2.75) is 46.1 Å². The highest BCUT2D eigenvalue weighted by Crippen LogP contribution is 2.21. The second kappa shape index (κ2) is 6.11. The zero-order valence-corrected chi connectivity index (χ0v) is 10.2. The third-order valence-electron chi connectivity index (χ3n) is 3.18. The molecule has 0 aliphatic carbocycles. The molecule has 0 aromatic rings. The molecule has 88 valence electrons. The van der Waals surface area contributed by atoms with Crippen LogP contribution >= 0.6 is 0 Å². The summed E-state index contributed by atoms with van der Waals surface area (Å²) in [6.07, 6.45) is 3.04. The minimum Gasteiger partial charge on any atom is -0.466 e. The Kier molecular flexibility index (Phi) is 5.09. The average Bonchev–Trinajstić information content (AvgIpc) is 2.17. The lowest BCUT2D eigenvalue weighted by Crippen LogP contribution is -2.41. The Morgan fingerprint density at radius 2 is 2.20 bits per heavy atom. The molecule has 2 atom stereocenters. The van der Waals surface area contributed by atoms with E-state index in [1.807, 2.05) is 6.92 Å². The fourth-order valence-corrected chi connectivity index (χ4v) is 2.26. The first-order valence-electron chi connectivity index (χ1n) is 6.03. The van der Waals surface area contributed by atoms with Crippen LogP contribution in [0.2, 0.25) is 0 Å². The molecule has 0 aromatic carbocycles. The topological polar surface area (TPSA) is 29.5 Å². The molecule has 0 N–H and O–H groups in total. The van der Waals surface area contributed by atoms with Crippen LogP contribution in [0.5, 0.6) is 0 Å². The number of carbonyl (C=O) groups is 1. The van der Waals surface area contributed by atoms with Crippen molar-refractivity contribution in [2.24, 2.45) is 5.92 Å². The minimum atomic E-state index is -0.0664. The maximum atomic E-state index is 11.2. The standard InChI is InChI=1S/C12H23NO2/c1-4-15-12(14)6-8-13-7-5-10(2)9-11(13)3/h10-11H,4-9H2,1-3H3. The van der Waals surface area contributed by atoms with Crippen LogP contribution in [0.4, 0.5) is 0 Å². The number of rotatable bonds is 4. The Labute approximate surface area is 92.8 Å². The molecule has 0 radical (unpaired) electrons. The number of ether oxygens (including phenoxy) is 1. The van der Waals surface area contributed by atoms with Gasteiger partial charge in [-0.1, -0.05) is 6.92 Å². The van der Waals surface area contributed by atoms with E-state index in [1.54, 1.807) is 0 Å². The SMILES string of the molecule is CCOC(=O)CCN1CCC(C)CC1C. The summed E-state index contributed by atoms with van der Waals surface area (Å²) in [6, 6.07) is 0.614. The first kappa shape index (κ1) is 12.5. The molecule has 1 heterocycles. The van der Waals surface area contributed by atoms with Crippen LogP contribution in [0.25, 0.3) is 0 Å². The average molecular weight is 213 g/mol. The number of esters is 1. The van der Waals surface area contributed by atoms with Gasteiger partial charge in [0, 0.05) is 12.6 Å². The third-order valence-corrected chi connectivity index (χ3v) is 3.18. The molecule has 1 saturated heterocycles. The van der Waals surface area contributed by atoms with Gasteiger partial charge < -0.3 is 9.64 Å². The maximum absolute atomic E-state index is 11.2. The maximum Gasteiger partial charge on any atom is 0.307 e. The molecule has 3 nitrogen and oxygen atoms in total. The van der Waals surface area contributed by atoms with Crippen LogP contribution in [0.15, 0.2) is 0 Å². The Balaban J connectivity index is 2.23. The molecule has 0 spiro atoms. The monoisotopic (exact) mass is 213 g/mol. The van der Waals surface area contributed by atoms with Gasteiger partial charge in [0.1, 0.15) is 0 Å². The molecule has 3 heteroatoms. The highest BCUT2D eigenvalue weighted by molar-refractivity contribution is 5.69. The van der Waals surface area contributed by atoms with Crippen LogP contribution < -0.4 is 0 Å². The number of likely N-dealkylation sites (tertiary alicyclic amines) is 1. The van der Waals surface area contributed by atoms with Gasteiger partial charge in [-0.25, -0.2) is 0 Å². The smallest absolute Gasteiger partial charge is 0.307 e. The number of piperidine rings is 1. The van der Waals surface area contributed by atoms with Crippen molar-refractivity contribution < 1.29 is 9.53 Å². The van der Waals surface area contributed by atoms with E-state index in [9.17, 15) is 4.79 Å². The largest absolute Gasteiger partial charge is 0.466 e. The molecule has 0 aromatic heterocycles. The highest BCUT2D eigenvalue weighted by atomic mass is 16.5. The lowest BCUT2D eigenvalue weighted by atomic mass is 9.93. The van der Waals surface area contributed by atoms with Crippen LogP contribution in [0.3, 0.4) is 0 Å². The van der Waals surface area contributed by atoms with Gasteiger partial charge in [-0.05, 0) is 39.2 Å². The fraction of sp³-hybridized carbons (Fsp3) is 0.917. The van der Waals surface area contributed by atoms with E-state index in [2.05, 4.69) is 18.7 Å². The van der Waals surface area contributed by atoms with Crippen molar-refractivity contribution in [2.75, 3.05) is 19.7 Å². The Morgan fingerprint density at radius 3 is 2.80 bits per heavy atom. The normalized spacial score (nSPS) is 27.7. The van der Waals surface area contributed by atoms with Crippen molar-refractivity contribution in [1.29, 1.82) is 0 Å². The van der Waals surface area contributed by atoms with Gasteiger partial charge in [-0.3, -0.25) is 4.79 Å². The van der Waals surface area contributed by atoms with Crippen molar-refractivity contribution in [1.82, 2.24) is 4.90 Å². The molecule has 0 amide bonds. The Morgan fingerprint density at radius 1 is 1.47 bits per heavy atom. The molecular weight excluding hydrogens is 190 g/mol. The van der Waals surface area contributed by atoms with Crippen molar-refractivity contribution in [3.63, 3.8) is 0 Å². The Hall–Kier alpha value is -0.570. The summed E-state index contributed by atoms with van der Waals surface area (Å²) < 4.78 is 4.92. The van der Waals surface area contributed by atoms with Crippen LogP contribution in [-0.2, 0) is 9.53 Å². The number of carbonyl (C=O) groups excluding carboxylic acids is 1. The molecule has 1 fully saturated rings. The second-order valence-electron chi connectivity index (χ2n) is 4.57. The van der Waals surface area contributed by atoms with Crippen LogP contribution in [-0.4, -0.2) is 36.6 Å². The van der Waals surface area contributed by atoms with Gasteiger partial charge in [0.15, 0.2) is 0 Å². The molecule has 1 rings (SSSR count). The zero-order chi connectivity index (χ0) is 11.3. The van der Waals surface area contributed by atoms with E-state index in [1.165, 1.54) is 12.8 Å². The molecule has 2 unspecified atom stereocenters. The van der Waals surface area contributed by atoms with Crippen LogP contribution in [0, 0.1) is 5.92 Å². The van der Waals surface area contributed by atoms with Gasteiger partial charge in [0.2, 0.25) is 0 Å². The van der Waals surface area contributed by atoms with E-state index in [0.717, 1.165) is 19.0 Å². The summed E-state index contributed by atoms with van der Waals surface area (Å²) >= 11 is 0. The molecule has 0 bridgehead atoms. The lowest BCUT2D eigenvalue weighted by molar-refractivity contribution is -0.143. The van der Waals surface area contributed by atoms with Gasteiger partial charge in [-0.2, -0.15) is 0 Å². The summed E-state index contributed by atoms with van der Waals surface area (Å²) in [5.41, 5.74) is 0. The van der Waals surface area contributed by atoms with E-state index in [4.69, 9.17) is 4.74 Å². The third kappa shape index (κ3) is 4.20. The first-order chi connectivity index (χ1) is 7.13. The van der Waals surface area contributed by atoms with E-state index < -0.39 is 0 Å². The molecular formula is C12H23NO2. The van der Waals surface area contributed by atoms with E-state index in [0.29, 0.717) is 19.1 Å². The molecule has 0 saturated carbocycles. The van der Waals surface area contributed by atoms with E-state index in [-0.39, 0.29) is 5.97 Å². The summed E-state index contributed by atoms with van der Waals surface area (Å²) in [5.74, 6) is 0.766. The molecule has 1 aliphatic rings. The number of hydrogen-bond donors (Lipinski definition) is 0. The highest BCUT2D eigenvalue weighted by Gasteiger charge is 2.22. The second-order valence-corrected chi connectivity index (χ2v) is 4.57.